The molecular formula is C7H8O3S. The maximum Gasteiger partial charge on any atom is 0.0717 e. The largest absolute Gasteiger partial charge is 0.220 e. The lowest BCUT2D eigenvalue weighted by atomic mass is 10.2. The van der Waals surface area contributed by atoms with E-state index in [0.717, 1.165) is 22.5 Å². The van der Waals surface area contributed by atoms with Crippen molar-refractivity contribution >= 4 is 12.0 Å². The molecule has 4 heteroatoms. The molecule has 0 aromatic heterocycles. The number of rotatable bonds is 3. The van der Waals surface area contributed by atoms with Crippen LogP contribution in [0, 0.1) is 6.92 Å². The van der Waals surface area contributed by atoms with Crippen LogP contribution in [-0.4, -0.2) is 5.26 Å². The molecule has 0 fully saturated rings. The second kappa shape index (κ2) is 4.35. The minimum absolute atomic E-state index is 0.918. The van der Waals surface area contributed by atoms with Crippen LogP contribution in [0.25, 0.3) is 0 Å². The van der Waals surface area contributed by atoms with Crippen LogP contribution >= 0.6 is 12.0 Å². The normalized spacial score (nSPS) is 10.0. The third-order valence-corrected chi connectivity index (χ3v) is 2.01. The van der Waals surface area contributed by atoms with Crippen LogP contribution in [-0.2, 0) is 9.37 Å². The zero-order valence-electron chi connectivity index (χ0n) is 5.98. The van der Waals surface area contributed by atoms with E-state index < -0.39 is 0 Å². The lowest BCUT2D eigenvalue weighted by Gasteiger charge is -1.99. The van der Waals surface area contributed by atoms with Crippen molar-refractivity contribution in [3.8, 4) is 0 Å². The average molecular weight is 172 g/mol. The Morgan fingerprint density at radius 1 is 1.36 bits per heavy atom. The summed E-state index contributed by atoms with van der Waals surface area (Å²) in [6.07, 6.45) is 0. The van der Waals surface area contributed by atoms with E-state index in [2.05, 4.69) is 9.37 Å². The Labute approximate surface area is 69.0 Å². The van der Waals surface area contributed by atoms with Crippen LogP contribution in [0.4, 0.5) is 0 Å². The summed E-state index contributed by atoms with van der Waals surface area (Å²) in [7, 11) is 0. The summed E-state index contributed by atoms with van der Waals surface area (Å²) in [5.74, 6) is 0. The predicted octanol–water partition coefficient (Wildman–Crippen LogP) is 2.42. The Hall–Kier alpha value is -0.550. The molecule has 3 nitrogen and oxygen atoms in total. The van der Waals surface area contributed by atoms with E-state index >= 15 is 0 Å². The molecule has 0 aliphatic rings. The Kier molecular flexibility index (Phi) is 3.38. The highest BCUT2D eigenvalue weighted by Gasteiger charge is 1.97. The summed E-state index contributed by atoms with van der Waals surface area (Å²) in [4.78, 5) is 0.918. The molecule has 0 amide bonds. The molecule has 0 heterocycles. The summed E-state index contributed by atoms with van der Waals surface area (Å²) >= 11 is 0.975. The number of aryl methyl sites for hydroxylation is 1. The van der Waals surface area contributed by atoms with Gasteiger partial charge in [0.2, 0.25) is 0 Å². The Balaban J connectivity index is 2.62. The Morgan fingerprint density at radius 2 is 2.09 bits per heavy atom. The van der Waals surface area contributed by atoms with Gasteiger partial charge in [0.05, 0.1) is 12.0 Å². The first-order valence-electron chi connectivity index (χ1n) is 3.05. The van der Waals surface area contributed by atoms with Gasteiger partial charge in [-0.05, 0) is 18.6 Å². The molecule has 1 rings (SSSR count). The SMILES string of the molecule is Cc1ccccc1SOOO. The van der Waals surface area contributed by atoms with Gasteiger partial charge in [-0.1, -0.05) is 23.2 Å². The summed E-state index contributed by atoms with van der Waals surface area (Å²) in [5, 5.41) is 11.3. The lowest BCUT2D eigenvalue weighted by Crippen LogP contribution is -1.81. The van der Waals surface area contributed by atoms with Crippen LogP contribution in [0.1, 0.15) is 5.56 Å². The first-order chi connectivity index (χ1) is 5.34. The molecule has 1 aromatic rings. The van der Waals surface area contributed by atoms with Crippen LogP contribution in [0.3, 0.4) is 0 Å². The second-order valence-corrected chi connectivity index (χ2v) is 2.73. The van der Waals surface area contributed by atoms with Gasteiger partial charge < -0.3 is 0 Å². The summed E-state index contributed by atoms with van der Waals surface area (Å²) in [6, 6.07) is 7.64. The maximum absolute atomic E-state index is 7.88. The maximum atomic E-state index is 7.88. The topological polar surface area (TPSA) is 38.7 Å². The molecule has 0 bridgehead atoms. The molecule has 0 atom stereocenters. The van der Waals surface area contributed by atoms with Crippen LogP contribution in [0.5, 0.6) is 0 Å². The molecule has 0 radical (unpaired) electrons. The predicted molar refractivity (Wildman–Crippen MR) is 41.8 cm³/mol. The molecule has 0 unspecified atom stereocenters. The van der Waals surface area contributed by atoms with Crippen molar-refractivity contribution in [2.24, 2.45) is 0 Å². The molecule has 1 N–H and O–H groups in total. The van der Waals surface area contributed by atoms with Crippen molar-refractivity contribution in [1.82, 2.24) is 0 Å². The van der Waals surface area contributed by atoms with Gasteiger partial charge in [-0.25, -0.2) is 5.26 Å². The number of hydrogen-bond donors (Lipinski definition) is 1. The van der Waals surface area contributed by atoms with Gasteiger partial charge in [0, 0.05) is 4.90 Å². The van der Waals surface area contributed by atoms with Gasteiger partial charge in [-0.2, -0.15) is 0 Å². The fourth-order valence-electron chi connectivity index (χ4n) is 0.702. The average Bonchev–Trinajstić information content (AvgIpc) is 2.03. The first kappa shape index (κ1) is 8.55. The molecular weight excluding hydrogens is 164 g/mol. The van der Waals surface area contributed by atoms with Crippen molar-refractivity contribution in [2.45, 2.75) is 11.8 Å². The van der Waals surface area contributed by atoms with E-state index in [-0.39, 0.29) is 0 Å². The standard InChI is InChI=1S/C7H8O3S/c1-6-4-2-3-5-7(6)11-10-9-8/h2-5,8H,1H3. The number of hydrogen-bond acceptors (Lipinski definition) is 4. The third kappa shape index (κ3) is 2.51. The van der Waals surface area contributed by atoms with Crippen molar-refractivity contribution in [2.75, 3.05) is 0 Å². The third-order valence-electron chi connectivity index (χ3n) is 1.25. The zero-order chi connectivity index (χ0) is 8.10. The quantitative estimate of drug-likeness (QED) is 0.431. The Bertz CT molecular complexity index is 227. The summed E-state index contributed by atoms with van der Waals surface area (Å²) in [5.41, 5.74) is 1.08. The van der Waals surface area contributed by atoms with Gasteiger partial charge in [0.15, 0.2) is 0 Å². The Morgan fingerprint density at radius 3 is 2.73 bits per heavy atom. The van der Waals surface area contributed by atoms with Crippen LogP contribution in [0.15, 0.2) is 29.2 Å². The van der Waals surface area contributed by atoms with Crippen molar-refractivity contribution in [1.29, 1.82) is 0 Å². The molecule has 0 aliphatic heterocycles. The van der Waals surface area contributed by atoms with Gasteiger partial charge in [-0.3, -0.25) is 0 Å². The van der Waals surface area contributed by atoms with E-state index in [4.69, 9.17) is 5.26 Å². The molecule has 0 aliphatic carbocycles. The minimum Gasteiger partial charge on any atom is -0.220 e. The molecule has 0 spiro atoms. The minimum atomic E-state index is 0.918. The highest BCUT2D eigenvalue weighted by atomic mass is 32.2. The van der Waals surface area contributed by atoms with Gasteiger partial charge in [0.1, 0.15) is 0 Å². The van der Waals surface area contributed by atoms with E-state index in [1.807, 2.05) is 31.2 Å². The zero-order valence-corrected chi connectivity index (χ0v) is 6.80. The van der Waals surface area contributed by atoms with Crippen molar-refractivity contribution in [3.63, 3.8) is 0 Å². The van der Waals surface area contributed by atoms with Gasteiger partial charge >= 0.3 is 0 Å². The highest BCUT2D eigenvalue weighted by molar-refractivity contribution is 7.94. The fraction of sp³-hybridized carbons (Fsp3) is 0.143. The van der Waals surface area contributed by atoms with E-state index in [9.17, 15) is 0 Å². The van der Waals surface area contributed by atoms with Crippen LogP contribution < -0.4 is 0 Å². The molecule has 0 saturated heterocycles. The number of benzene rings is 1. The second-order valence-electron chi connectivity index (χ2n) is 1.99. The first-order valence-corrected chi connectivity index (χ1v) is 3.79. The summed E-state index contributed by atoms with van der Waals surface area (Å²) < 4.78 is 4.27. The molecule has 0 saturated carbocycles. The van der Waals surface area contributed by atoms with Crippen molar-refractivity contribution in [3.05, 3.63) is 29.8 Å². The fourth-order valence-corrected chi connectivity index (χ4v) is 1.14. The van der Waals surface area contributed by atoms with Crippen molar-refractivity contribution < 1.29 is 14.6 Å². The van der Waals surface area contributed by atoms with Gasteiger partial charge in [-0.15, -0.1) is 4.33 Å². The van der Waals surface area contributed by atoms with E-state index in [0.29, 0.717) is 0 Å². The van der Waals surface area contributed by atoms with E-state index in [1.165, 1.54) is 0 Å². The monoisotopic (exact) mass is 172 g/mol. The van der Waals surface area contributed by atoms with Gasteiger partial charge in [0.25, 0.3) is 0 Å². The molecule has 11 heavy (non-hydrogen) atoms. The summed E-state index contributed by atoms with van der Waals surface area (Å²) in [6.45, 7) is 1.95. The smallest absolute Gasteiger partial charge is 0.0717 e. The van der Waals surface area contributed by atoms with E-state index in [1.54, 1.807) is 0 Å². The lowest BCUT2D eigenvalue weighted by molar-refractivity contribution is -0.432. The highest BCUT2D eigenvalue weighted by Crippen LogP contribution is 2.22. The molecule has 60 valence electrons. The van der Waals surface area contributed by atoms with Crippen LogP contribution in [0.2, 0.25) is 0 Å². The molecule has 1 aromatic carbocycles.